The summed E-state index contributed by atoms with van der Waals surface area (Å²) in [6.45, 7) is 0. The van der Waals surface area contributed by atoms with E-state index in [1.807, 2.05) is 30.3 Å². The van der Waals surface area contributed by atoms with Crippen LogP contribution in [0.3, 0.4) is 0 Å². The van der Waals surface area contributed by atoms with Gasteiger partial charge in [-0.2, -0.15) is 0 Å². The van der Waals surface area contributed by atoms with Gasteiger partial charge < -0.3 is 4.90 Å². The Bertz CT molecular complexity index is 555. The molecule has 0 aliphatic heterocycles. The third-order valence-electron chi connectivity index (χ3n) is 2.41. The maximum absolute atomic E-state index is 11.8. The molecule has 4 nitrogen and oxygen atoms in total. The highest BCUT2D eigenvalue weighted by Gasteiger charge is 2.18. The molecular formula is C12H12N2O2. The third-order valence-corrected chi connectivity index (χ3v) is 2.41. The van der Waals surface area contributed by atoms with Crippen LogP contribution in [0.1, 0.15) is 4.79 Å². The molecule has 16 heavy (non-hydrogen) atoms. The molecular weight excluding hydrogens is 204 g/mol. The van der Waals surface area contributed by atoms with E-state index in [0.29, 0.717) is 0 Å². The highest BCUT2D eigenvalue weighted by atomic mass is 16.2. The monoisotopic (exact) mass is 216 g/mol. The van der Waals surface area contributed by atoms with Gasteiger partial charge in [0.1, 0.15) is 0 Å². The van der Waals surface area contributed by atoms with Crippen molar-refractivity contribution in [2.45, 2.75) is 0 Å². The average molecular weight is 216 g/mol. The van der Waals surface area contributed by atoms with Crippen molar-refractivity contribution in [3.63, 3.8) is 0 Å². The fraction of sp³-hybridized carbons (Fsp3) is 0.167. The lowest BCUT2D eigenvalue weighted by Crippen LogP contribution is -2.33. The lowest BCUT2D eigenvalue weighted by atomic mass is 10.2. The molecule has 0 fully saturated rings. The molecule has 0 unspecified atom stereocenters. The zero-order chi connectivity index (χ0) is 11.7. The van der Waals surface area contributed by atoms with Crippen LogP contribution < -0.4 is 0 Å². The first-order valence-electron chi connectivity index (χ1n) is 4.93. The number of para-hydroxylation sites is 1. The minimum Gasteiger partial charge on any atom is -0.341 e. The van der Waals surface area contributed by atoms with Crippen molar-refractivity contribution in [3.05, 3.63) is 36.5 Å². The lowest BCUT2D eigenvalue weighted by molar-refractivity contribution is -0.124. The molecule has 0 radical (unpaired) electrons. The van der Waals surface area contributed by atoms with E-state index in [-0.39, 0.29) is 0 Å². The molecule has 1 heterocycles. The Morgan fingerprint density at radius 2 is 1.81 bits per heavy atom. The summed E-state index contributed by atoms with van der Waals surface area (Å²) in [4.78, 5) is 24.6. The number of rotatable bonds is 0. The summed E-state index contributed by atoms with van der Waals surface area (Å²) in [6, 6.07) is 9.27. The predicted molar refractivity (Wildman–Crippen MR) is 61.3 cm³/mol. The van der Waals surface area contributed by atoms with Gasteiger partial charge in [0.05, 0.1) is 5.52 Å². The van der Waals surface area contributed by atoms with E-state index < -0.39 is 11.8 Å². The molecule has 0 N–H and O–H groups in total. The quantitative estimate of drug-likeness (QED) is 0.624. The van der Waals surface area contributed by atoms with Crippen LogP contribution in [0.2, 0.25) is 0 Å². The second kappa shape index (κ2) is 3.81. The summed E-state index contributed by atoms with van der Waals surface area (Å²) in [6.07, 6.45) is 1.62. The normalized spacial score (nSPS) is 10.4. The zero-order valence-corrected chi connectivity index (χ0v) is 9.18. The zero-order valence-electron chi connectivity index (χ0n) is 9.18. The largest absolute Gasteiger partial charge is 0.341 e. The van der Waals surface area contributed by atoms with Crippen molar-refractivity contribution >= 4 is 22.7 Å². The van der Waals surface area contributed by atoms with Crippen molar-refractivity contribution in [1.82, 2.24) is 9.47 Å². The molecule has 2 rings (SSSR count). The molecule has 1 aromatic heterocycles. The molecule has 82 valence electrons. The van der Waals surface area contributed by atoms with Crippen LogP contribution in [0.15, 0.2) is 36.5 Å². The predicted octanol–water partition coefficient (Wildman–Crippen LogP) is 1.37. The molecule has 0 atom stereocenters. The van der Waals surface area contributed by atoms with Crippen molar-refractivity contribution in [2.24, 2.45) is 0 Å². The Labute approximate surface area is 93.1 Å². The molecule has 0 spiro atoms. The molecule has 0 bridgehead atoms. The minimum atomic E-state index is -0.536. The molecule has 1 aromatic carbocycles. The number of aromatic nitrogens is 1. The van der Waals surface area contributed by atoms with Gasteiger partial charge in [0.2, 0.25) is 0 Å². The van der Waals surface area contributed by atoms with Crippen molar-refractivity contribution in [3.8, 4) is 0 Å². The van der Waals surface area contributed by atoms with Gasteiger partial charge >= 0.3 is 11.8 Å². The van der Waals surface area contributed by atoms with Crippen LogP contribution in [0.4, 0.5) is 0 Å². The fourth-order valence-electron chi connectivity index (χ4n) is 1.55. The van der Waals surface area contributed by atoms with Crippen LogP contribution >= 0.6 is 0 Å². The molecule has 4 heteroatoms. The Morgan fingerprint density at radius 3 is 2.50 bits per heavy atom. The topological polar surface area (TPSA) is 42.3 Å². The smallest absolute Gasteiger partial charge is 0.320 e. The number of hydrogen-bond acceptors (Lipinski definition) is 2. The molecule has 0 saturated heterocycles. The summed E-state index contributed by atoms with van der Waals surface area (Å²) < 4.78 is 1.37. The van der Waals surface area contributed by atoms with E-state index in [4.69, 9.17) is 0 Å². The Hall–Kier alpha value is -2.10. The molecule has 2 aromatic rings. The number of fused-ring (bicyclic) bond motifs is 1. The van der Waals surface area contributed by atoms with E-state index in [9.17, 15) is 9.59 Å². The van der Waals surface area contributed by atoms with Gasteiger partial charge in [-0.1, -0.05) is 18.2 Å². The standard InChI is InChI=1S/C12H12N2O2/c1-13(2)11(15)12(16)14-8-7-9-5-3-4-6-10(9)14/h3-8H,1-2H3. The first-order chi connectivity index (χ1) is 7.61. The van der Waals surface area contributed by atoms with Gasteiger partial charge in [0.25, 0.3) is 0 Å². The number of amides is 1. The van der Waals surface area contributed by atoms with E-state index >= 15 is 0 Å². The fourth-order valence-corrected chi connectivity index (χ4v) is 1.55. The second-order valence-electron chi connectivity index (χ2n) is 3.75. The van der Waals surface area contributed by atoms with E-state index in [2.05, 4.69) is 0 Å². The van der Waals surface area contributed by atoms with Gasteiger partial charge in [-0.15, -0.1) is 0 Å². The Morgan fingerprint density at radius 1 is 1.12 bits per heavy atom. The van der Waals surface area contributed by atoms with Gasteiger partial charge in [0.15, 0.2) is 0 Å². The van der Waals surface area contributed by atoms with Crippen LogP contribution in [0, 0.1) is 0 Å². The number of likely N-dealkylation sites (N-methyl/N-ethyl adjacent to an activating group) is 1. The van der Waals surface area contributed by atoms with Gasteiger partial charge in [-0.05, 0) is 12.1 Å². The summed E-state index contributed by atoms with van der Waals surface area (Å²) in [5.74, 6) is -1.06. The molecule has 1 amide bonds. The van der Waals surface area contributed by atoms with Crippen molar-refractivity contribution in [2.75, 3.05) is 14.1 Å². The Kier molecular flexibility index (Phi) is 2.48. The lowest BCUT2D eigenvalue weighted by Gasteiger charge is -2.09. The van der Waals surface area contributed by atoms with Crippen molar-refractivity contribution in [1.29, 1.82) is 0 Å². The van der Waals surface area contributed by atoms with Gasteiger partial charge in [0, 0.05) is 25.7 Å². The number of carbonyl (C=O) groups is 2. The maximum atomic E-state index is 11.8. The summed E-state index contributed by atoms with van der Waals surface area (Å²) in [7, 11) is 3.12. The number of hydrogen-bond donors (Lipinski definition) is 0. The van der Waals surface area contributed by atoms with E-state index in [1.165, 1.54) is 9.47 Å². The minimum absolute atomic E-state index is 0.527. The van der Waals surface area contributed by atoms with E-state index in [0.717, 1.165) is 10.9 Å². The first-order valence-corrected chi connectivity index (χ1v) is 4.93. The molecule has 0 saturated carbocycles. The summed E-state index contributed by atoms with van der Waals surface area (Å²) in [5.41, 5.74) is 0.753. The van der Waals surface area contributed by atoms with Gasteiger partial charge in [-0.3, -0.25) is 14.2 Å². The third kappa shape index (κ3) is 1.58. The molecule has 0 aliphatic rings. The number of nitrogens with zero attached hydrogens (tertiary/aromatic N) is 2. The van der Waals surface area contributed by atoms with Crippen LogP contribution in [0.25, 0.3) is 10.9 Å². The first kappa shape index (κ1) is 10.4. The highest BCUT2D eigenvalue weighted by molar-refractivity contribution is 6.36. The summed E-state index contributed by atoms with van der Waals surface area (Å²) in [5, 5.41) is 0.947. The number of benzene rings is 1. The SMILES string of the molecule is CN(C)C(=O)C(=O)n1ccc2ccccc21. The summed E-state index contributed by atoms with van der Waals surface area (Å²) >= 11 is 0. The van der Waals surface area contributed by atoms with Gasteiger partial charge in [-0.25, -0.2) is 0 Å². The van der Waals surface area contributed by atoms with Crippen LogP contribution in [0.5, 0.6) is 0 Å². The number of carbonyl (C=O) groups excluding carboxylic acids is 2. The van der Waals surface area contributed by atoms with E-state index in [1.54, 1.807) is 20.3 Å². The van der Waals surface area contributed by atoms with Crippen LogP contribution in [-0.2, 0) is 4.79 Å². The van der Waals surface area contributed by atoms with Crippen LogP contribution in [-0.4, -0.2) is 35.4 Å². The Balaban J connectivity index is 2.48. The average Bonchev–Trinajstić information content (AvgIpc) is 2.70. The molecule has 0 aliphatic carbocycles. The second-order valence-corrected chi connectivity index (χ2v) is 3.75. The van der Waals surface area contributed by atoms with Crippen molar-refractivity contribution < 1.29 is 9.59 Å². The highest BCUT2D eigenvalue weighted by Crippen LogP contribution is 2.14. The maximum Gasteiger partial charge on any atom is 0.320 e.